The number of aliphatic hydroxyl groups excluding tert-OH is 1. The van der Waals surface area contributed by atoms with Crippen LogP contribution in [0.15, 0.2) is 145 Å². The first kappa shape index (κ1) is 57.4. The first-order valence-corrected chi connectivity index (χ1v) is 16.8. The molecule has 0 saturated heterocycles. The maximum absolute atomic E-state index is 10.9. The van der Waals surface area contributed by atoms with Gasteiger partial charge >= 0.3 is 11.9 Å². The maximum atomic E-state index is 10.9. The molecule has 0 bridgehead atoms. The highest BCUT2D eigenvalue weighted by atomic mass is 16.5. The van der Waals surface area contributed by atoms with Crippen molar-refractivity contribution in [3.8, 4) is 0 Å². The number of ether oxygens (including phenoxy) is 3. The van der Waals surface area contributed by atoms with Crippen LogP contribution in [-0.2, 0) is 54.3 Å². The summed E-state index contributed by atoms with van der Waals surface area (Å²) in [5.41, 5.74) is 2.41. The number of carbonyl (C=O) groups is 7. The van der Waals surface area contributed by atoms with Gasteiger partial charge in [0.25, 0.3) is 0 Å². The van der Waals surface area contributed by atoms with E-state index in [1.807, 2.05) is 24.3 Å². The van der Waals surface area contributed by atoms with Gasteiger partial charge < -0.3 is 43.8 Å². The van der Waals surface area contributed by atoms with Gasteiger partial charge in [-0.1, -0.05) is 95.6 Å². The van der Waals surface area contributed by atoms with E-state index in [1.54, 1.807) is 12.2 Å². The SMILES string of the molecule is C=CCN(C=C)C=O.C=CN(C=O)CC(O)COC(=O)C(=C)C.C=COC(=O)CN(C=C)C=O.C=COCCN(C=C)C=O.C=Cc1ccc(CN(C=C)C=O)cc1. The van der Waals surface area contributed by atoms with Gasteiger partial charge in [-0.3, -0.25) is 24.0 Å². The van der Waals surface area contributed by atoms with Crippen LogP contribution in [0.25, 0.3) is 6.08 Å². The molecule has 58 heavy (non-hydrogen) atoms. The minimum absolute atomic E-state index is 0.0382. The summed E-state index contributed by atoms with van der Waals surface area (Å²) in [6.07, 6.45) is 14.9. The molecular formula is C42H57N5O11. The normalized spacial score (nSPS) is 9.07. The van der Waals surface area contributed by atoms with Crippen molar-refractivity contribution < 1.29 is 52.9 Å². The van der Waals surface area contributed by atoms with Gasteiger partial charge in [-0.2, -0.15) is 0 Å². The molecule has 0 heterocycles. The van der Waals surface area contributed by atoms with E-state index in [-0.39, 0.29) is 25.3 Å². The number of benzene rings is 1. The van der Waals surface area contributed by atoms with Crippen LogP contribution in [0.5, 0.6) is 0 Å². The van der Waals surface area contributed by atoms with Crippen LogP contribution in [0.1, 0.15) is 18.1 Å². The lowest BCUT2D eigenvalue weighted by atomic mass is 10.1. The largest absolute Gasteiger partial charge is 0.500 e. The maximum Gasteiger partial charge on any atom is 0.333 e. The highest BCUT2D eigenvalue weighted by Gasteiger charge is 2.11. The van der Waals surface area contributed by atoms with E-state index in [2.05, 4.69) is 75.3 Å². The fourth-order valence-corrected chi connectivity index (χ4v) is 3.03. The van der Waals surface area contributed by atoms with Crippen molar-refractivity contribution in [3.63, 3.8) is 0 Å². The highest BCUT2D eigenvalue weighted by Crippen LogP contribution is 2.07. The van der Waals surface area contributed by atoms with E-state index in [4.69, 9.17) is 4.74 Å². The molecule has 1 aromatic carbocycles. The lowest BCUT2D eigenvalue weighted by Crippen LogP contribution is -2.31. The Bertz CT molecular complexity index is 1440. The molecule has 1 aromatic rings. The topological polar surface area (TPSA) is 184 Å². The van der Waals surface area contributed by atoms with Gasteiger partial charge in [0.1, 0.15) is 25.9 Å². The molecule has 0 fully saturated rings. The Balaban J connectivity index is -0.000000320. The molecule has 1 N–H and O–H groups in total. The van der Waals surface area contributed by atoms with E-state index in [0.717, 1.165) is 33.6 Å². The number of hydrogen-bond acceptors (Lipinski definition) is 11. The molecule has 0 aliphatic heterocycles. The molecule has 1 unspecified atom stereocenters. The van der Waals surface area contributed by atoms with Gasteiger partial charge in [-0.05, 0) is 49.1 Å². The van der Waals surface area contributed by atoms with Crippen LogP contribution in [0.3, 0.4) is 0 Å². The highest BCUT2D eigenvalue weighted by molar-refractivity contribution is 5.86. The summed E-state index contributed by atoms with van der Waals surface area (Å²) >= 11 is 0. The first-order chi connectivity index (χ1) is 27.7. The standard InChI is InChI=1S/C12H13NO.C10H15NO4.C7H9NO3.C7H11NO2.C6H9NO/c1-3-11-5-7-12(8-6-11)9-13(4-2)10-14;1-4-11(7-12)5-9(13)6-15-10(14)8(2)3;1-3-8(6-9)5-7(10)11-4-2;1-3-8(7-9)5-6-10-4-2;1-3-5-7(4-2)6-8/h3-8,10H,1-2,9H2;4,7,9,13H,1-2,5-6H2,3H3;3-4,6H,1-2,5H2;3-4,7H,1-2,5-6H2;3-4,6H,1-2,5H2. The average Bonchev–Trinajstić information content (AvgIpc) is 3.24. The van der Waals surface area contributed by atoms with E-state index < -0.39 is 18.0 Å². The average molecular weight is 808 g/mol. The van der Waals surface area contributed by atoms with E-state index in [1.165, 1.54) is 58.9 Å². The molecule has 0 radical (unpaired) electrons. The summed E-state index contributed by atoms with van der Waals surface area (Å²) < 4.78 is 13.8. The van der Waals surface area contributed by atoms with Crippen LogP contribution in [0, 0.1) is 0 Å². The Hall–Kier alpha value is -7.33. The molecule has 0 aliphatic carbocycles. The fourth-order valence-electron chi connectivity index (χ4n) is 3.03. The van der Waals surface area contributed by atoms with Crippen molar-refractivity contribution >= 4 is 50.1 Å². The fraction of sp³-hybridized carbons (Fsp3) is 0.214. The van der Waals surface area contributed by atoms with E-state index in [9.17, 15) is 38.7 Å². The summed E-state index contributed by atoms with van der Waals surface area (Å²) in [6, 6.07) is 7.87. The van der Waals surface area contributed by atoms with Crippen molar-refractivity contribution in [1.82, 2.24) is 24.5 Å². The minimum atomic E-state index is -0.934. The third kappa shape index (κ3) is 34.4. The number of hydrogen-bond donors (Lipinski definition) is 1. The smallest absolute Gasteiger partial charge is 0.333 e. The Kier molecular flexibility index (Phi) is 40.4. The lowest BCUT2D eigenvalue weighted by molar-refractivity contribution is -0.142. The van der Waals surface area contributed by atoms with Crippen molar-refractivity contribution in [2.24, 2.45) is 0 Å². The van der Waals surface area contributed by atoms with E-state index in [0.29, 0.717) is 51.9 Å². The monoisotopic (exact) mass is 807 g/mol. The number of amides is 5. The number of nitrogens with zero attached hydrogens (tertiary/aromatic N) is 5. The predicted octanol–water partition coefficient (Wildman–Crippen LogP) is 4.30. The zero-order valence-electron chi connectivity index (χ0n) is 33.3. The molecule has 0 spiro atoms. The lowest BCUT2D eigenvalue weighted by Gasteiger charge is -2.16. The molecule has 16 nitrogen and oxygen atoms in total. The summed E-state index contributed by atoms with van der Waals surface area (Å²) in [4.78, 5) is 79.0. The van der Waals surface area contributed by atoms with Gasteiger partial charge in [0.15, 0.2) is 0 Å². The molecule has 1 atom stereocenters. The molecule has 5 amide bonds. The molecule has 0 saturated carbocycles. The zero-order chi connectivity index (χ0) is 45.1. The van der Waals surface area contributed by atoms with Crippen molar-refractivity contribution in [2.45, 2.75) is 19.6 Å². The second kappa shape index (κ2) is 40.8. The van der Waals surface area contributed by atoms with Crippen molar-refractivity contribution in [3.05, 3.63) is 156 Å². The summed E-state index contributed by atoms with van der Waals surface area (Å²) in [6.45, 7) is 37.4. The van der Waals surface area contributed by atoms with Crippen LogP contribution >= 0.6 is 0 Å². The van der Waals surface area contributed by atoms with Gasteiger partial charge in [0.2, 0.25) is 32.1 Å². The van der Waals surface area contributed by atoms with Crippen LogP contribution in [0.2, 0.25) is 0 Å². The van der Waals surface area contributed by atoms with Crippen LogP contribution in [-0.4, -0.2) is 119 Å². The number of carbonyl (C=O) groups excluding carboxylic acids is 7. The van der Waals surface area contributed by atoms with Gasteiger partial charge in [-0.15, -0.1) is 6.58 Å². The van der Waals surface area contributed by atoms with Crippen molar-refractivity contribution in [1.29, 1.82) is 0 Å². The summed E-state index contributed by atoms with van der Waals surface area (Å²) in [7, 11) is 0. The third-order valence-corrected chi connectivity index (χ3v) is 6.06. The third-order valence-electron chi connectivity index (χ3n) is 6.06. The van der Waals surface area contributed by atoms with Gasteiger partial charge in [0.05, 0.1) is 25.6 Å². The molecule has 316 valence electrons. The van der Waals surface area contributed by atoms with Crippen molar-refractivity contribution in [2.75, 3.05) is 39.4 Å². The second-order valence-corrected chi connectivity index (χ2v) is 10.4. The second-order valence-electron chi connectivity index (χ2n) is 10.4. The molecule has 0 aliphatic rings. The van der Waals surface area contributed by atoms with Gasteiger partial charge in [0, 0.05) is 18.7 Å². The molecule has 16 heteroatoms. The molecule has 1 rings (SSSR count). The Labute approximate surface area is 342 Å². The molecule has 0 aromatic heterocycles. The Morgan fingerprint density at radius 2 is 1.21 bits per heavy atom. The Morgan fingerprint density at radius 1 is 0.707 bits per heavy atom. The Morgan fingerprint density at radius 3 is 1.57 bits per heavy atom. The number of aliphatic hydroxyl groups is 1. The van der Waals surface area contributed by atoms with Gasteiger partial charge in [-0.25, -0.2) is 9.59 Å². The van der Waals surface area contributed by atoms with Crippen LogP contribution in [0.4, 0.5) is 0 Å². The zero-order valence-corrected chi connectivity index (χ0v) is 33.3. The molecular weight excluding hydrogens is 750 g/mol. The minimum Gasteiger partial charge on any atom is -0.500 e. The van der Waals surface area contributed by atoms with Crippen LogP contribution < -0.4 is 0 Å². The number of rotatable bonds is 27. The summed E-state index contributed by atoms with van der Waals surface area (Å²) in [5.74, 6) is -1.11. The quantitative estimate of drug-likeness (QED) is 0.0334. The first-order valence-electron chi connectivity index (χ1n) is 16.8. The predicted molar refractivity (Wildman–Crippen MR) is 225 cm³/mol. The number of esters is 2. The summed E-state index contributed by atoms with van der Waals surface area (Å²) in [5, 5.41) is 9.36. The van der Waals surface area contributed by atoms with E-state index >= 15 is 0 Å².